The molecule has 0 saturated carbocycles. The molecule has 1 aromatic carbocycles. The zero-order valence-electron chi connectivity index (χ0n) is 12.1. The summed E-state index contributed by atoms with van der Waals surface area (Å²) in [4.78, 5) is 12.1. The summed E-state index contributed by atoms with van der Waals surface area (Å²) in [6.45, 7) is 0.793. The fraction of sp³-hybridized carbons (Fsp3) is 0.500. The van der Waals surface area contributed by atoms with E-state index in [1.54, 1.807) is 0 Å². The van der Waals surface area contributed by atoms with Crippen molar-refractivity contribution in [3.05, 3.63) is 29.8 Å². The van der Waals surface area contributed by atoms with Gasteiger partial charge in [0.15, 0.2) is 0 Å². The van der Waals surface area contributed by atoms with Gasteiger partial charge in [-0.2, -0.15) is 0 Å². The predicted molar refractivity (Wildman–Crippen MR) is 82.6 cm³/mol. The largest absolute Gasteiger partial charge is 0.373 e. The number of carbonyl (C=O) groups excluding carboxylic acids is 1. The van der Waals surface area contributed by atoms with Gasteiger partial charge in [0.05, 0.1) is 6.26 Å². The van der Waals surface area contributed by atoms with Gasteiger partial charge in [-0.05, 0) is 30.9 Å². The van der Waals surface area contributed by atoms with Gasteiger partial charge in [0.2, 0.25) is 15.9 Å². The first-order valence-electron chi connectivity index (χ1n) is 7.02. The first kappa shape index (κ1) is 15.8. The Morgan fingerprint density at radius 1 is 1.33 bits per heavy atom. The van der Waals surface area contributed by atoms with Gasteiger partial charge in [0.1, 0.15) is 6.04 Å². The molecule has 7 heteroatoms. The minimum Gasteiger partial charge on any atom is -0.373 e. The van der Waals surface area contributed by atoms with E-state index in [0.29, 0.717) is 19.5 Å². The van der Waals surface area contributed by atoms with Crippen LogP contribution >= 0.6 is 0 Å². The van der Waals surface area contributed by atoms with Crippen molar-refractivity contribution in [2.75, 3.05) is 24.7 Å². The average molecular weight is 311 g/mol. The van der Waals surface area contributed by atoms with E-state index in [-0.39, 0.29) is 11.9 Å². The number of para-hydroxylation sites is 1. The molecule has 21 heavy (non-hydrogen) atoms. The summed E-state index contributed by atoms with van der Waals surface area (Å²) in [6.07, 6.45) is 3.35. The quantitative estimate of drug-likeness (QED) is 0.667. The van der Waals surface area contributed by atoms with Crippen LogP contribution in [0.2, 0.25) is 0 Å². The average Bonchev–Trinajstić information content (AvgIpc) is 2.45. The monoisotopic (exact) mass is 311 g/mol. The van der Waals surface area contributed by atoms with E-state index in [1.807, 2.05) is 18.2 Å². The van der Waals surface area contributed by atoms with Crippen LogP contribution in [0.3, 0.4) is 0 Å². The number of carbonyl (C=O) groups is 1. The van der Waals surface area contributed by atoms with Crippen molar-refractivity contribution < 1.29 is 13.2 Å². The Bertz CT molecular complexity index is 601. The van der Waals surface area contributed by atoms with Crippen LogP contribution in [-0.4, -0.2) is 39.7 Å². The van der Waals surface area contributed by atoms with Crippen LogP contribution in [0.25, 0.3) is 0 Å². The summed E-state index contributed by atoms with van der Waals surface area (Å²) in [5.41, 5.74) is 2.25. The Morgan fingerprint density at radius 2 is 2.10 bits per heavy atom. The smallest absolute Gasteiger partial charge is 0.242 e. The normalized spacial score (nSPS) is 17.7. The summed E-state index contributed by atoms with van der Waals surface area (Å²) >= 11 is 0. The van der Waals surface area contributed by atoms with Gasteiger partial charge in [-0.25, -0.2) is 13.1 Å². The molecule has 1 aliphatic heterocycles. The molecule has 116 valence electrons. The van der Waals surface area contributed by atoms with Crippen molar-refractivity contribution in [2.45, 2.75) is 25.3 Å². The zero-order chi connectivity index (χ0) is 15.3. The lowest BCUT2D eigenvalue weighted by Gasteiger charge is -2.26. The molecule has 1 aliphatic rings. The number of aryl methyl sites for hydroxylation is 1. The number of hydrogen-bond acceptors (Lipinski definition) is 4. The zero-order valence-corrected chi connectivity index (χ0v) is 12.9. The van der Waals surface area contributed by atoms with E-state index in [9.17, 15) is 13.2 Å². The summed E-state index contributed by atoms with van der Waals surface area (Å²) in [5, 5.41) is 6.07. The van der Waals surface area contributed by atoms with Gasteiger partial charge in [0.25, 0.3) is 0 Å². The van der Waals surface area contributed by atoms with Gasteiger partial charge >= 0.3 is 0 Å². The van der Waals surface area contributed by atoms with Crippen LogP contribution < -0.4 is 15.4 Å². The van der Waals surface area contributed by atoms with E-state index >= 15 is 0 Å². The molecular weight excluding hydrogens is 290 g/mol. The molecule has 2 rings (SSSR count). The molecule has 1 aromatic rings. The van der Waals surface area contributed by atoms with Crippen LogP contribution in [0.5, 0.6) is 0 Å². The van der Waals surface area contributed by atoms with Gasteiger partial charge in [-0.3, -0.25) is 4.79 Å². The summed E-state index contributed by atoms with van der Waals surface area (Å²) < 4.78 is 24.2. The minimum absolute atomic E-state index is 0.0381. The maximum atomic E-state index is 12.1. The van der Waals surface area contributed by atoms with Gasteiger partial charge in [-0.1, -0.05) is 18.2 Å². The van der Waals surface area contributed by atoms with Crippen molar-refractivity contribution in [1.82, 2.24) is 10.0 Å². The molecule has 0 radical (unpaired) electrons. The molecule has 1 unspecified atom stereocenters. The van der Waals surface area contributed by atoms with Crippen molar-refractivity contribution in [2.24, 2.45) is 0 Å². The number of sulfonamides is 1. The molecule has 1 heterocycles. The Kier molecular flexibility index (Phi) is 5.19. The molecule has 6 nitrogen and oxygen atoms in total. The first-order valence-corrected chi connectivity index (χ1v) is 8.91. The molecule has 0 spiro atoms. The van der Waals surface area contributed by atoms with Gasteiger partial charge in [0, 0.05) is 18.8 Å². The highest BCUT2D eigenvalue weighted by molar-refractivity contribution is 7.88. The number of amides is 1. The molecule has 0 aliphatic carbocycles. The predicted octanol–water partition coefficient (Wildman–Crippen LogP) is 0.469. The van der Waals surface area contributed by atoms with E-state index in [0.717, 1.165) is 24.8 Å². The standard InChI is InChI=1S/C14H21N3O3S/c1-21(19,20)16-10-4-9-15-14(18)13-8-7-11-5-2-3-6-12(11)17-13/h2-3,5-6,13,16-17H,4,7-10H2,1H3,(H,15,18). The van der Waals surface area contributed by atoms with Gasteiger partial charge < -0.3 is 10.6 Å². The summed E-state index contributed by atoms with van der Waals surface area (Å²) in [5.74, 6) is -0.0381. The second-order valence-electron chi connectivity index (χ2n) is 5.20. The highest BCUT2D eigenvalue weighted by Crippen LogP contribution is 2.24. The third kappa shape index (κ3) is 5.02. The van der Waals surface area contributed by atoms with E-state index in [1.165, 1.54) is 5.56 Å². The Balaban J connectivity index is 1.73. The maximum absolute atomic E-state index is 12.1. The van der Waals surface area contributed by atoms with E-state index in [2.05, 4.69) is 21.4 Å². The molecule has 1 amide bonds. The van der Waals surface area contributed by atoms with Crippen molar-refractivity contribution in [1.29, 1.82) is 0 Å². The number of rotatable bonds is 6. The fourth-order valence-electron chi connectivity index (χ4n) is 2.32. The molecular formula is C14H21N3O3S. The Morgan fingerprint density at radius 3 is 2.86 bits per heavy atom. The van der Waals surface area contributed by atoms with Crippen LogP contribution in [0.4, 0.5) is 5.69 Å². The first-order chi connectivity index (χ1) is 9.96. The second-order valence-corrected chi connectivity index (χ2v) is 7.04. The lowest BCUT2D eigenvalue weighted by Crippen LogP contribution is -2.42. The van der Waals surface area contributed by atoms with Crippen molar-refractivity contribution >= 4 is 21.6 Å². The molecule has 0 bridgehead atoms. The highest BCUT2D eigenvalue weighted by Gasteiger charge is 2.22. The third-order valence-corrected chi connectivity index (χ3v) is 4.11. The number of nitrogens with one attached hydrogen (secondary N) is 3. The number of hydrogen-bond donors (Lipinski definition) is 3. The number of fused-ring (bicyclic) bond motifs is 1. The fourth-order valence-corrected chi connectivity index (χ4v) is 2.83. The highest BCUT2D eigenvalue weighted by atomic mass is 32.2. The number of anilines is 1. The van der Waals surface area contributed by atoms with Crippen LogP contribution in [0.1, 0.15) is 18.4 Å². The van der Waals surface area contributed by atoms with Crippen LogP contribution in [0.15, 0.2) is 24.3 Å². The van der Waals surface area contributed by atoms with Crippen molar-refractivity contribution in [3.8, 4) is 0 Å². The summed E-state index contributed by atoms with van der Waals surface area (Å²) in [6, 6.07) is 7.76. The molecule has 0 fully saturated rings. The number of benzene rings is 1. The molecule has 0 aromatic heterocycles. The van der Waals surface area contributed by atoms with Crippen molar-refractivity contribution in [3.63, 3.8) is 0 Å². The second kappa shape index (κ2) is 6.91. The van der Waals surface area contributed by atoms with E-state index < -0.39 is 10.0 Å². The molecule has 0 saturated heterocycles. The maximum Gasteiger partial charge on any atom is 0.242 e. The SMILES string of the molecule is CS(=O)(=O)NCCCNC(=O)C1CCc2ccccc2N1. The van der Waals surface area contributed by atoms with Gasteiger partial charge in [-0.15, -0.1) is 0 Å². The minimum atomic E-state index is -3.15. The Labute approximate surface area is 125 Å². The Hall–Kier alpha value is -1.60. The van der Waals surface area contributed by atoms with E-state index in [4.69, 9.17) is 0 Å². The topological polar surface area (TPSA) is 87.3 Å². The third-order valence-electron chi connectivity index (χ3n) is 3.38. The lowest BCUT2D eigenvalue weighted by atomic mass is 9.98. The summed E-state index contributed by atoms with van der Waals surface area (Å²) in [7, 11) is -3.15. The lowest BCUT2D eigenvalue weighted by molar-refractivity contribution is -0.122. The molecule has 1 atom stereocenters. The van der Waals surface area contributed by atoms with Crippen LogP contribution in [-0.2, 0) is 21.2 Å². The molecule has 3 N–H and O–H groups in total. The van der Waals surface area contributed by atoms with Crippen LogP contribution in [0, 0.1) is 0 Å².